The molecule has 0 unspecified atom stereocenters. The fourth-order valence-electron chi connectivity index (χ4n) is 2.27. The van der Waals surface area contributed by atoms with Crippen LogP contribution in [0.25, 0.3) is 0 Å². The normalized spacial score (nSPS) is 17.1. The average molecular weight is 346 g/mol. The Morgan fingerprint density at radius 3 is 2.87 bits per heavy atom. The zero-order valence-electron chi connectivity index (χ0n) is 12.8. The quantitative estimate of drug-likeness (QED) is 0.740. The van der Waals surface area contributed by atoms with Crippen LogP contribution in [0.3, 0.4) is 0 Å². The zero-order chi connectivity index (χ0) is 16.7. The Kier molecular flexibility index (Phi) is 6.79. The number of thiocarbonyl (C=S) groups is 1. The molecule has 1 fully saturated rings. The van der Waals surface area contributed by atoms with Gasteiger partial charge in [0.2, 0.25) is 0 Å². The summed E-state index contributed by atoms with van der Waals surface area (Å²) in [5.74, 6) is 0.258. The van der Waals surface area contributed by atoms with Gasteiger partial charge in [-0.25, -0.2) is 0 Å². The van der Waals surface area contributed by atoms with Crippen LogP contribution in [0.1, 0.15) is 18.4 Å². The molecule has 0 bridgehead atoms. The SMILES string of the molecule is COc1cc(CNC(=S)NC[C@H]2CCCO2)ccc1OC(F)F. The van der Waals surface area contributed by atoms with Crippen molar-refractivity contribution in [3.8, 4) is 11.5 Å². The number of rotatable bonds is 7. The third-order valence-corrected chi connectivity index (χ3v) is 3.70. The second-order valence-electron chi connectivity index (χ2n) is 5.06. The van der Waals surface area contributed by atoms with Crippen LogP contribution < -0.4 is 20.1 Å². The maximum atomic E-state index is 12.3. The molecule has 0 amide bonds. The van der Waals surface area contributed by atoms with E-state index in [2.05, 4.69) is 15.4 Å². The average Bonchev–Trinajstić information content (AvgIpc) is 3.04. The number of hydrogen-bond donors (Lipinski definition) is 2. The van der Waals surface area contributed by atoms with E-state index in [4.69, 9.17) is 21.7 Å². The molecule has 1 aromatic carbocycles. The number of nitrogens with one attached hydrogen (secondary N) is 2. The second kappa shape index (κ2) is 8.83. The smallest absolute Gasteiger partial charge is 0.387 e. The Morgan fingerprint density at radius 1 is 1.39 bits per heavy atom. The van der Waals surface area contributed by atoms with Gasteiger partial charge in [0, 0.05) is 19.7 Å². The highest BCUT2D eigenvalue weighted by Crippen LogP contribution is 2.29. The van der Waals surface area contributed by atoms with Crippen LogP contribution in [0.4, 0.5) is 8.78 Å². The molecule has 0 spiro atoms. The van der Waals surface area contributed by atoms with Crippen molar-refractivity contribution in [2.75, 3.05) is 20.3 Å². The highest BCUT2D eigenvalue weighted by Gasteiger charge is 2.15. The molecule has 5 nitrogen and oxygen atoms in total. The molecule has 128 valence electrons. The van der Waals surface area contributed by atoms with Gasteiger partial charge in [0.1, 0.15) is 0 Å². The lowest BCUT2D eigenvalue weighted by Crippen LogP contribution is -2.39. The Balaban J connectivity index is 1.81. The van der Waals surface area contributed by atoms with Crippen molar-refractivity contribution in [3.63, 3.8) is 0 Å². The Morgan fingerprint density at radius 2 is 2.22 bits per heavy atom. The zero-order valence-corrected chi connectivity index (χ0v) is 13.6. The summed E-state index contributed by atoms with van der Waals surface area (Å²) in [5.41, 5.74) is 0.838. The number of methoxy groups -OCH3 is 1. The molecule has 2 rings (SSSR count). The summed E-state index contributed by atoms with van der Waals surface area (Å²) in [6, 6.07) is 4.76. The first-order chi connectivity index (χ1) is 11.1. The van der Waals surface area contributed by atoms with Gasteiger partial charge in [0.25, 0.3) is 0 Å². The van der Waals surface area contributed by atoms with Crippen LogP contribution >= 0.6 is 12.2 Å². The summed E-state index contributed by atoms with van der Waals surface area (Å²) >= 11 is 5.20. The first-order valence-electron chi connectivity index (χ1n) is 7.33. The number of alkyl halides is 2. The molecule has 0 radical (unpaired) electrons. The third kappa shape index (κ3) is 5.80. The molecule has 0 aliphatic carbocycles. The van der Waals surface area contributed by atoms with Crippen molar-refractivity contribution in [2.24, 2.45) is 0 Å². The van der Waals surface area contributed by atoms with Gasteiger partial charge in [-0.1, -0.05) is 6.07 Å². The van der Waals surface area contributed by atoms with Gasteiger partial charge in [-0.3, -0.25) is 0 Å². The fraction of sp³-hybridized carbons (Fsp3) is 0.533. The molecule has 0 saturated carbocycles. The topological polar surface area (TPSA) is 51.8 Å². The van der Waals surface area contributed by atoms with E-state index in [-0.39, 0.29) is 17.6 Å². The van der Waals surface area contributed by atoms with Crippen LogP contribution in [-0.4, -0.2) is 38.1 Å². The summed E-state index contributed by atoms with van der Waals surface area (Å²) in [6.07, 6.45) is 2.33. The summed E-state index contributed by atoms with van der Waals surface area (Å²) in [7, 11) is 1.40. The predicted molar refractivity (Wildman–Crippen MR) is 86.0 cm³/mol. The van der Waals surface area contributed by atoms with E-state index in [0.717, 1.165) is 25.0 Å². The molecule has 23 heavy (non-hydrogen) atoms. The second-order valence-corrected chi connectivity index (χ2v) is 5.47. The third-order valence-electron chi connectivity index (χ3n) is 3.41. The van der Waals surface area contributed by atoms with Gasteiger partial charge in [0.15, 0.2) is 16.6 Å². The molecular formula is C15H20F2N2O3S. The van der Waals surface area contributed by atoms with Gasteiger partial charge in [-0.15, -0.1) is 0 Å². The van der Waals surface area contributed by atoms with E-state index in [1.165, 1.54) is 13.2 Å². The van der Waals surface area contributed by atoms with E-state index in [1.54, 1.807) is 12.1 Å². The lowest BCUT2D eigenvalue weighted by Gasteiger charge is -2.15. The van der Waals surface area contributed by atoms with Gasteiger partial charge >= 0.3 is 6.61 Å². The molecule has 1 atom stereocenters. The molecule has 8 heteroatoms. The van der Waals surface area contributed by atoms with Crippen molar-refractivity contribution < 1.29 is 23.0 Å². The standard InChI is InChI=1S/C15H20F2N2O3S/c1-20-13-7-10(4-5-12(13)22-14(16)17)8-18-15(23)19-9-11-3-2-6-21-11/h4-5,7,11,14H,2-3,6,8-9H2,1H3,(H2,18,19,23)/t11-/m1/s1. The maximum Gasteiger partial charge on any atom is 0.387 e. The first-order valence-corrected chi connectivity index (χ1v) is 7.74. The summed E-state index contributed by atoms with van der Waals surface area (Å²) in [4.78, 5) is 0. The van der Waals surface area contributed by atoms with Crippen LogP contribution in [-0.2, 0) is 11.3 Å². The van der Waals surface area contributed by atoms with Crippen LogP contribution in [0.2, 0.25) is 0 Å². The van der Waals surface area contributed by atoms with Crippen molar-refractivity contribution in [1.82, 2.24) is 10.6 Å². The lowest BCUT2D eigenvalue weighted by molar-refractivity contribution is -0.0512. The van der Waals surface area contributed by atoms with Crippen molar-refractivity contribution in [1.29, 1.82) is 0 Å². The number of ether oxygens (including phenoxy) is 3. The highest BCUT2D eigenvalue weighted by atomic mass is 32.1. The lowest BCUT2D eigenvalue weighted by atomic mass is 10.2. The minimum atomic E-state index is -2.89. The van der Waals surface area contributed by atoms with Crippen molar-refractivity contribution in [2.45, 2.75) is 32.1 Å². The molecule has 1 aromatic rings. The van der Waals surface area contributed by atoms with Crippen LogP contribution in [0.15, 0.2) is 18.2 Å². The van der Waals surface area contributed by atoms with E-state index < -0.39 is 6.61 Å². The number of hydrogen-bond acceptors (Lipinski definition) is 4. The summed E-state index contributed by atoms with van der Waals surface area (Å²) < 4.78 is 39.5. The minimum Gasteiger partial charge on any atom is -0.493 e. The Hall–Kier alpha value is -1.67. The molecule has 2 N–H and O–H groups in total. The molecule has 1 saturated heterocycles. The molecule has 1 aliphatic heterocycles. The molecule has 1 heterocycles. The summed E-state index contributed by atoms with van der Waals surface area (Å²) in [5, 5.41) is 6.68. The monoisotopic (exact) mass is 346 g/mol. The van der Waals surface area contributed by atoms with Crippen LogP contribution in [0, 0.1) is 0 Å². The van der Waals surface area contributed by atoms with E-state index in [1.807, 2.05) is 0 Å². The molecular weight excluding hydrogens is 326 g/mol. The highest BCUT2D eigenvalue weighted by molar-refractivity contribution is 7.80. The molecule has 0 aromatic heterocycles. The van der Waals surface area contributed by atoms with Gasteiger partial charge in [-0.2, -0.15) is 8.78 Å². The summed E-state index contributed by atoms with van der Waals surface area (Å²) in [6.45, 7) is -0.958. The Bertz CT molecular complexity index is 525. The largest absolute Gasteiger partial charge is 0.493 e. The minimum absolute atomic E-state index is 0.00494. The maximum absolute atomic E-state index is 12.3. The van der Waals surface area contributed by atoms with E-state index >= 15 is 0 Å². The van der Waals surface area contributed by atoms with E-state index in [9.17, 15) is 8.78 Å². The van der Waals surface area contributed by atoms with Gasteiger partial charge < -0.3 is 24.8 Å². The predicted octanol–water partition coefficient (Wildman–Crippen LogP) is 2.44. The van der Waals surface area contributed by atoms with E-state index in [0.29, 0.717) is 18.2 Å². The van der Waals surface area contributed by atoms with Crippen molar-refractivity contribution >= 4 is 17.3 Å². The van der Waals surface area contributed by atoms with Gasteiger partial charge in [0.05, 0.1) is 13.2 Å². The van der Waals surface area contributed by atoms with Crippen molar-refractivity contribution in [3.05, 3.63) is 23.8 Å². The molecule has 1 aliphatic rings. The van der Waals surface area contributed by atoms with Crippen LogP contribution in [0.5, 0.6) is 11.5 Å². The van der Waals surface area contributed by atoms with Gasteiger partial charge in [-0.05, 0) is 42.8 Å². The number of benzene rings is 1. The first kappa shape index (κ1) is 17.7. The fourth-order valence-corrected chi connectivity index (χ4v) is 2.43. The Labute approximate surface area is 139 Å². The number of halogens is 2.